The monoisotopic (exact) mass is 214 g/mol. The molecule has 0 aliphatic rings. The number of carbonyl (C=O) groups excluding carboxylic acids is 2. The van der Waals surface area contributed by atoms with Gasteiger partial charge in [0.05, 0.1) is 6.54 Å². The van der Waals surface area contributed by atoms with E-state index in [0.29, 0.717) is 13.0 Å². The molecule has 0 unspecified atom stereocenters. The van der Waals surface area contributed by atoms with E-state index < -0.39 is 0 Å². The Morgan fingerprint density at radius 3 is 2.13 bits per heavy atom. The van der Waals surface area contributed by atoms with Crippen molar-refractivity contribution < 1.29 is 9.59 Å². The van der Waals surface area contributed by atoms with E-state index in [9.17, 15) is 9.59 Å². The van der Waals surface area contributed by atoms with Gasteiger partial charge in [-0.25, -0.2) is 0 Å². The van der Waals surface area contributed by atoms with E-state index in [1.54, 1.807) is 0 Å². The Balaban J connectivity index is 3.67. The summed E-state index contributed by atoms with van der Waals surface area (Å²) >= 11 is 0. The number of amides is 2. The highest BCUT2D eigenvalue weighted by Gasteiger charge is 2.15. The zero-order valence-corrected chi connectivity index (χ0v) is 10.1. The van der Waals surface area contributed by atoms with Gasteiger partial charge in [-0.3, -0.25) is 9.59 Å². The van der Waals surface area contributed by atoms with Crippen LogP contribution < -0.4 is 10.6 Å². The lowest BCUT2D eigenvalue weighted by Gasteiger charge is -2.17. The summed E-state index contributed by atoms with van der Waals surface area (Å²) in [6.45, 7) is 8.69. The number of rotatable bonds is 5. The predicted molar refractivity (Wildman–Crippen MR) is 60.4 cm³/mol. The van der Waals surface area contributed by atoms with Crippen molar-refractivity contribution in [1.29, 1.82) is 0 Å². The predicted octanol–water partition coefficient (Wildman–Crippen LogP) is 1.06. The van der Waals surface area contributed by atoms with Gasteiger partial charge in [0.25, 0.3) is 0 Å². The van der Waals surface area contributed by atoms with Crippen molar-refractivity contribution in [2.24, 2.45) is 5.41 Å². The van der Waals surface area contributed by atoms with E-state index >= 15 is 0 Å². The van der Waals surface area contributed by atoms with E-state index in [1.165, 1.54) is 0 Å². The Bertz CT molecular complexity index is 219. The molecule has 0 spiro atoms. The maximum absolute atomic E-state index is 11.3. The average Bonchev–Trinajstić information content (AvgIpc) is 2.08. The van der Waals surface area contributed by atoms with Crippen molar-refractivity contribution in [3.8, 4) is 0 Å². The van der Waals surface area contributed by atoms with Crippen LogP contribution in [0, 0.1) is 5.41 Å². The van der Waals surface area contributed by atoms with Gasteiger partial charge < -0.3 is 10.6 Å². The third-order valence-corrected chi connectivity index (χ3v) is 1.71. The SMILES string of the molecule is CCCNC(=O)CNC(=O)CC(C)(C)C. The minimum absolute atomic E-state index is 0.0377. The summed E-state index contributed by atoms with van der Waals surface area (Å²) in [5.74, 6) is -0.201. The van der Waals surface area contributed by atoms with Gasteiger partial charge in [0.1, 0.15) is 0 Å². The summed E-state index contributed by atoms with van der Waals surface area (Å²) in [6, 6.07) is 0. The van der Waals surface area contributed by atoms with Crippen LogP contribution in [0.3, 0.4) is 0 Å². The molecule has 2 N–H and O–H groups in total. The van der Waals surface area contributed by atoms with Gasteiger partial charge in [-0.2, -0.15) is 0 Å². The molecular formula is C11H22N2O2. The zero-order valence-electron chi connectivity index (χ0n) is 10.1. The first-order chi connectivity index (χ1) is 6.85. The Labute approximate surface area is 91.8 Å². The van der Waals surface area contributed by atoms with E-state index in [-0.39, 0.29) is 23.8 Å². The van der Waals surface area contributed by atoms with Crippen molar-refractivity contribution in [3.05, 3.63) is 0 Å². The highest BCUT2D eigenvalue weighted by molar-refractivity contribution is 5.84. The number of hydrogen-bond acceptors (Lipinski definition) is 2. The molecule has 0 bridgehead atoms. The third kappa shape index (κ3) is 9.25. The number of nitrogens with one attached hydrogen (secondary N) is 2. The standard InChI is InChI=1S/C11H22N2O2/c1-5-6-12-10(15)8-13-9(14)7-11(2,3)4/h5-8H2,1-4H3,(H,12,15)(H,13,14). The molecule has 0 saturated heterocycles. The van der Waals surface area contributed by atoms with Crippen LogP contribution in [0.25, 0.3) is 0 Å². The molecule has 0 aliphatic heterocycles. The lowest BCUT2D eigenvalue weighted by atomic mass is 9.92. The second kappa shape index (κ2) is 6.43. The molecule has 0 radical (unpaired) electrons. The Morgan fingerprint density at radius 2 is 1.67 bits per heavy atom. The van der Waals surface area contributed by atoms with Gasteiger partial charge in [0.2, 0.25) is 11.8 Å². The van der Waals surface area contributed by atoms with Crippen LogP contribution in [0.2, 0.25) is 0 Å². The first-order valence-corrected chi connectivity index (χ1v) is 5.38. The van der Waals surface area contributed by atoms with E-state index in [0.717, 1.165) is 6.42 Å². The lowest BCUT2D eigenvalue weighted by molar-refractivity contribution is -0.127. The summed E-state index contributed by atoms with van der Waals surface area (Å²) in [4.78, 5) is 22.5. The van der Waals surface area contributed by atoms with Crippen molar-refractivity contribution >= 4 is 11.8 Å². The smallest absolute Gasteiger partial charge is 0.239 e. The minimum Gasteiger partial charge on any atom is -0.355 e. The number of carbonyl (C=O) groups is 2. The molecule has 15 heavy (non-hydrogen) atoms. The van der Waals surface area contributed by atoms with E-state index in [2.05, 4.69) is 10.6 Å². The molecule has 0 saturated carbocycles. The quantitative estimate of drug-likeness (QED) is 0.719. The van der Waals surface area contributed by atoms with Crippen LogP contribution in [-0.4, -0.2) is 24.9 Å². The minimum atomic E-state index is -0.126. The van der Waals surface area contributed by atoms with Crippen LogP contribution in [0.15, 0.2) is 0 Å². The van der Waals surface area contributed by atoms with Gasteiger partial charge >= 0.3 is 0 Å². The van der Waals surface area contributed by atoms with Crippen LogP contribution in [0.5, 0.6) is 0 Å². The molecule has 2 amide bonds. The molecule has 0 aromatic carbocycles. The highest BCUT2D eigenvalue weighted by Crippen LogP contribution is 2.17. The largest absolute Gasteiger partial charge is 0.355 e. The fourth-order valence-electron chi connectivity index (χ4n) is 1.05. The van der Waals surface area contributed by atoms with Crippen LogP contribution in [-0.2, 0) is 9.59 Å². The summed E-state index contributed by atoms with van der Waals surface area (Å²) in [5, 5.41) is 5.29. The highest BCUT2D eigenvalue weighted by atomic mass is 16.2. The van der Waals surface area contributed by atoms with Crippen LogP contribution >= 0.6 is 0 Å². The molecular weight excluding hydrogens is 192 g/mol. The summed E-state index contributed by atoms with van der Waals surface area (Å²) in [6.07, 6.45) is 1.34. The fourth-order valence-corrected chi connectivity index (χ4v) is 1.05. The third-order valence-electron chi connectivity index (χ3n) is 1.71. The fraction of sp³-hybridized carbons (Fsp3) is 0.818. The molecule has 0 atom stereocenters. The van der Waals surface area contributed by atoms with Gasteiger partial charge in [0.15, 0.2) is 0 Å². The second-order valence-corrected chi connectivity index (χ2v) is 4.86. The van der Waals surface area contributed by atoms with Crippen LogP contribution in [0.1, 0.15) is 40.5 Å². The van der Waals surface area contributed by atoms with Crippen molar-refractivity contribution in [1.82, 2.24) is 10.6 Å². The van der Waals surface area contributed by atoms with E-state index in [1.807, 2.05) is 27.7 Å². The second-order valence-electron chi connectivity index (χ2n) is 4.86. The van der Waals surface area contributed by atoms with Gasteiger partial charge in [-0.1, -0.05) is 27.7 Å². The topological polar surface area (TPSA) is 58.2 Å². The zero-order chi connectivity index (χ0) is 11.9. The van der Waals surface area contributed by atoms with Gasteiger partial charge in [-0.15, -0.1) is 0 Å². The Morgan fingerprint density at radius 1 is 1.07 bits per heavy atom. The Hall–Kier alpha value is -1.06. The lowest BCUT2D eigenvalue weighted by Crippen LogP contribution is -2.38. The van der Waals surface area contributed by atoms with Gasteiger partial charge in [0, 0.05) is 13.0 Å². The molecule has 0 fully saturated rings. The maximum Gasteiger partial charge on any atom is 0.239 e. The molecule has 0 rings (SSSR count). The van der Waals surface area contributed by atoms with Crippen LogP contribution in [0.4, 0.5) is 0 Å². The molecule has 0 aromatic rings. The molecule has 88 valence electrons. The molecule has 0 aliphatic carbocycles. The average molecular weight is 214 g/mol. The summed E-state index contributed by atoms with van der Waals surface area (Å²) < 4.78 is 0. The molecule has 4 heteroatoms. The first kappa shape index (κ1) is 13.9. The number of hydrogen-bond donors (Lipinski definition) is 2. The molecule has 4 nitrogen and oxygen atoms in total. The maximum atomic E-state index is 11.3. The molecule has 0 heterocycles. The summed E-state index contributed by atoms with van der Waals surface area (Å²) in [5.41, 5.74) is -0.0377. The first-order valence-electron chi connectivity index (χ1n) is 5.38. The van der Waals surface area contributed by atoms with E-state index in [4.69, 9.17) is 0 Å². The van der Waals surface area contributed by atoms with Gasteiger partial charge in [-0.05, 0) is 11.8 Å². The van der Waals surface area contributed by atoms with Crippen molar-refractivity contribution in [3.63, 3.8) is 0 Å². The van der Waals surface area contributed by atoms with Crippen molar-refractivity contribution in [2.45, 2.75) is 40.5 Å². The Kier molecular flexibility index (Phi) is 5.97. The van der Waals surface area contributed by atoms with Crippen molar-refractivity contribution in [2.75, 3.05) is 13.1 Å². The normalized spacial score (nSPS) is 10.9. The summed E-state index contributed by atoms with van der Waals surface area (Å²) in [7, 11) is 0. The molecule has 0 aromatic heterocycles.